The van der Waals surface area contributed by atoms with Gasteiger partial charge in [0.15, 0.2) is 0 Å². The molecule has 108 valence electrons. The molecule has 0 unspecified atom stereocenters. The van der Waals surface area contributed by atoms with E-state index in [9.17, 15) is 14.7 Å². The minimum atomic E-state index is -1.16. The van der Waals surface area contributed by atoms with Crippen LogP contribution >= 0.6 is 11.6 Å². The SMILES string of the molecule is Nc1cc(C(=O)NC2(C(=O)O)CCCCC2)ccc1Cl. The molecule has 1 aliphatic rings. The van der Waals surface area contributed by atoms with Crippen LogP contribution in [0.1, 0.15) is 42.5 Å². The number of nitrogen functional groups attached to an aromatic ring is 1. The van der Waals surface area contributed by atoms with Crippen molar-refractivity contribution >= 4 is 29.2 Å². The summed E-state index contributed by atoms with van der Waals surface area (Å²) in [6.45, 7) is 0. The Bertz CT molecular complexity index is 539. The zero-order chi connectivity index (χ0) is 14.8. The Morgan fingerprint density at radius 3 is 2.45 bits per heavy atom. The second-order valence-corrected chi connectivity index (χ2v) is 5.55. The molecule has 20 heavy (non-hydrogen) atoms. The van der Waals surface area contributed by atoms with Crippen molar-refractivity contribution < 1.29 is 14.7 Å². The number of amides is 1. The molecule has 0 heterocycles. The smallest absolute Gasteiger partial charge is 0.329 e. The quantitative estimate of drug-likeness (QED) is 0.747. The van der Waals surface area contributed by atoms with Crippen LogP contribution in [0.3, 0.4) is 0 Å². The molecular weight excluding hydrogens is 280 g/mol. The average molecular weight is 297 g/mol. The number of carboxylic acid groups (broad SMARTS) is 1. The highest BCUT2D eigenvalue weighted by molar-refractivity contribution is 6.33. The van der Waals surface area contributed by atoms with Crippen molar-refractivity contribution in [3.05, 3.63) is 28.8 Å². The Labute approximate surface area is 122 Å². The van der Waals surface area contributed by atoms with E-state index in [1.807, 2.05) is 0 Å². The largest absolute Gasteiger partial charge is 0.480 e. The van der Waals surface area contributed by atoms with Gasteiger partial charge in [0.1, 0.15) is 5.54 Å². The summed E-state index contributed by atoms with van der Waals surface area (Å²) < 4.78 is 0. The van der Waals surface area contributed by atoms with Crippen molar-refractivity contribution in [2.75, 3.05) is 5.73 Å². The molecule has 1 aliphatic carbocycles. The molecule has 1 amide bonds. The third-order valence-electron chi connectivity index (χ3n) is 3.73. The van der Waals surface area contributed by atoms with Crippen LogP contribution in [-0.2, 0) is 4.79 Å². The molecule has 0 saturated heterocycles. The summed E-state index contributed by atoms with van der Waals surface area (Å²) in [5.74, 6) is -1.41. The molecule has 5 nitrogen and oxygen atoms in total. The molecule has 0 spiro atoms. The van der Waals surface area contributed by atoms with Crippen molar-refractivity contribution in [2.24, 2.45) is 0 Å². The summed E-state index contributed by atoms with van der Waals surface area (Å²) in [4.78, 5) is 23.7. The summed E-state index contributed by atoms with van der Waals surface area (Å²) in [7, 11) is 0. The first-order chi connectivity index (χ1) is 9.44. The third-order valence-corrected chi connectivity index (χ3v) is 4.07. The highest BCUT2D eigenvalue weighted by Crippen LogP contribution is 2.29. The Morgan fingerprint density at radius 2 is 1.90 bits per heavy atom. The summed E-state index contributed by atoms with van der Waals surface area (Å²) in [6.07, 6.45) is 3.51. The minimum absolute atomic E-state index is 0.298. The maximum atomic E-state index is 12.2. The van der Waals surface area contributed by atoms with Crippen molar-refractivity contribution in [1.29, 1.82) is 0 Å². The van der Waals surface area contributed by atoms with Gasteiger partial charge in [0.2, 0.25) is 0 Å². The first kappa shape index (κ1) is 14.7. The normalized spacial score (nSPS) is 17.4. The summed E-state index contributed by atoms with van der Waals surface area (Å²) in [6, 6.07) is 4.52. The van der Waals surface area contributed by atoms with Crippen LogP contribution in [0.25, 0.3) is 0 Å². The molecule has 4 N–H and O–H groups in total. The van der Waals surface area contributed by atoms with Gasteiger partial charge in [-0.05, 0) is 31.0 Å². The van der Waals surface area contributed by atoms with E-state index in [-0.39, 0.29) is 0 Å². The van der Waals surface area contributed by atoms with Crippen molar-refractivity contribution in [3.63, 3.8) is 0 Å². The Balaban J connectivity index is 2.20. The van der Waals surface area contributed by atoms with E-state index >= 15 is 0 Å². The van der Waals surface area contributed by atoms with Crippen LogP contribution in [-0.4, -0.2) is 22.5 Å². The van der Waals surface area contributed by atoms with Gasteiger partial charge in [-0.25, -0.2) is 4.79 Å². The number of hydrogen-bond acceptors (Lipinski definition) is 3. The molecule has 6 heteroatoms. The number of rotatable bonds is 3. The molecule has 1 fully saturated rings. The minimum Gasteiger partial charge on any atom is -0.480 e. The number of halogens is 1. The van der Waals surface area contributed by atoms with E-state index in [4.69, 9.17) is 17.3 Å². The van der Waals surface area contributed by atoms with Gasteiger partial charge in [0, 0.05) is 5.56 Å². The number of carbonyl (C=O) groups excluding carboxylic acids is 1. The third kappa shape index (κ3) is 2.88. The Kier molecular flexibility index (Phi) is 4.18. The maximum absolute atomic E-state index is 12.2. The van der Waals surface area contributed by atoms with Crippen molar-refractivity contribution in [2.45, 2.75) is 37.6 Å². The second-order valence-electron chi connectivity index (χ2n) is 5.14. The van der Waals surface area contributed by atoms with Crippen LogP contribution in [0.5, 0.6) is 0 Å². The molecule has 2 rings (SSSR count). The highest BCUT2D eigenvalue weighted by Gasteiger charge is 2.41. The summed E-state index contributed by atoms with van der Waals surface area (Å²) >= 11 is 5.80. The van der Waals surface area contributed by atoms with Crippen molar-refractivity contribution in [1.82, 2.24) is 5.32 Å². The van der Waals surface area contributed by atoms with E-state index < -0.39 is 17.4 Å². The van der Waals surface area contributed by atoms with E-state index in [2.05, 4.69) is 5.32 Å². The predicted octanol–water partition coefficient (Wildman–Crippen LogP) is 2.44. The number of carboxylic acids is 1. The summed E-state index contributed by atoms with van der Waals surface area (Å²) in [5, 5.41) is 12.4. The molecule has 0 atom stereocenters. The van der Waals surface area contributed by atoms with Crippen LogP contribution in [0.15, 0.2) is 18.2 Å². The number of nitrogens with two attached hydrogens (primary N) is 1. The molecule has 0 radical (unpaired) electrons. The van der Waals surface area contributed by atoms with Gasteiger partial charge in [-0.1, -0.05) is 30.9 Å². The fourth-order valence-corrected chi connectivity index (χ4v) is 2.64. The van der Waals surface area contributed by atoms with Gasteiger partial charge < -0.3 is 16.2 Å². The second kappa shape index (κ2) is 5.71. The summed E-state index contributed by atoms with van der Waals surface area (Å²) in [5.41, 5.74) is 5.11. The topological polar surface area (TPSA) is 92.4 Å². The van der Waals surface area contributed by atoms with Gasteiger partial charge in [-0.3, -0.25) is 4.79 Å². The van der Waals surface area contributed by atoms with Crippen LogP contribution in [0.2, 0.25) is 5.02 Å². The number of benzene rings is 1. The van der Waals surface area contributed by atoms with E-state index in [1.165, 1.54) is 18.2 Å². The molecule has 0 aromatic heterocycles. The molecular formula is C14H17ClN2O3. The van der Waals surface area contributed by atoms with Crippen LogP contribution < -0.4 is 11.1 Å². The number of hydrogen-bond donors (Lipinski definition) is 3. The standard InChI is InChI=1S/C14H17ClN2O3/c15-10-5-4-9(8-11(10)16)12(18)17-14(13(19)20)6-2-1-3-7-14/h4-5,8H,1-3,6-7,16H2,(H,17,18)(H,19,20). The maximum Gasteiger partial charge on any atom is 0.329 e. The Hall–Kier alpha value is -1.75. The lowest BCUT2D eigenvalue weighted by Gasteiger charge is -2.34. The number of aliphatic carboxylic acids is 1. The lowest BCUT2D eigenvalue weighted by Crippen LogP contribution is -2.55. The van der Waals surface area contributed by atoms with E-state index in [1.54, 1.807) is 0 Å². The number of nitrogens with one attached hydrogen (secondary N) is 1. The monoisotopic (exact) mass is 296 g/mol. The Morgan fingerprint density at radius 1 is 1.25 bits per heavy atom. The number of carbonyl (C=O) groups is 2. The molecule has 1 aromatic rings. The van der Waals surface area contributed by atoms with Crippen molar-refractivity contribution in [3.8, 4) is 0 Å². The van der Waals surface area contributed by atoms with Gasteiger partial charge in [0.25, 0.3) is 5.91 Å². The molecule has 1 saturated carbocycles. The zero-order valence-electron chi connectivity index (χ0n) is 11.0. The van der Waals surface area contributed by atoms with Crippen LogP contribution in [0.4, 0.5) is 5.69 Å². The predicted molar refractivity (Wildman–Crippen MR) is 76.8 cm³/mol. The average Bonchev–Trinajstić information content (AvgIpc) is 2.42. The number of anilines is 1. The lowest BCUT2D eigenvalue weighted by atomic mass is 9.81. The fourth-order valence-electron chi connectivity index (χ4n) is 2.52. The van der Waals surface area contributed by atoms with Gasteiger partial charge >= 0.3 is 5.97 Å². The van der Waals surface area contributed by atoms with Gasteiger partial charge in [-0.15, -0.1) is 0 Å². The molecule has 0 aliphatic heterocycles. The highest BCUT2D eigenvalue weighted by atomic mass is 35.5. The van der Waals surface area contributed by atoms with E-state index in [0.29, 0.717) is 29.1 Å². The van der Waals surface area contributed by atoms with Gasteiger partial charge in [-0.2, -0.15) is 0 Å². The lowest BCUT2D eigenvalue weighted by molar-refractivity contribution is -0.145. The molecule has 1 aromatic carbocycles. The fraction of sp³-hybridized carbons (Fsp3) is 0.429. The zero-order valence-corrected chi connectivity index (χ0v) is 11.7. The van der Waals surface area contributed by atoms with Gasteiger partial charge in [0.05, 0.1) is 10.7 Å². The first-order valence-electron chi connectivity index (χ1n) is 6.55. The first-order valence-corrected chi connectivity index (χ1v) is 6.93. The molecule has 0 bridgehead atoms. The van der Waals surface area contributed by atoms with Crippen LogP contribution in [0, 0.1) is 0 Å². The van der Waals surface area contributed by atoms with E-state index in [0.717, 1.165) is 19.3 Å².